The summed E-state index contributed by atoms with van der Waals surface area (Å²) in [7, 11) is -3.06. The molecule has 2 rings (SSSR count). The van der Waals surface area contributed by atoms with Crippen LogP contribution in [0.4, 0.5) is 0 Å². The molecule has 22 heavy (non-hydrogen) atoms. The maximum atomic E-state index is 12.7. The van der Waals surface area contributed by atoms with E-state index in [-0.39, 0.29) is 46.7 Å². The van der Waals surface area contributed by atoms with Gasteiger partial charge in [-0.1, -0.05) is 29.8 Å². The van der Waals surface area contributed by atoms with Crippen LogP contribution in [0.15, 0.2) is 36.4 Å². The fraction of sp³-hybridized carbons (Fsp3) is 0.188. The third-order valence-corrected chi connectivity index (χ3v) is 3.55. The minimum atomic E-state index is -3.06. The zero-order valence-electron chi connectivity index (χ0n) is 13.0. The first kappa shape index (κ1) is 19.0. The monoisotopic (exact) mass is 325 g/mol. The second-order valence-electron chi connectivity index (χ2n) is 4.91. The molecule has 6 heteroatoms. The van der Waals surface area contributed by atoms with Gasteiger partial charge in [0.1, 0.15) is 0 Å². The molecule has 0 radical (unpaired) electrons. The third kappa shape index (κ3) is 4.25. The van der Waals surface area contributed by atoms with E-state index in [1.165, 1.54) is 6.07 Å². The molecular formula is C16H15NaO4P+. The topological polar surface area (TPSA) is 66.4 Å². The summed E-state index contributed by atoms with van der Waals surface area (Å²) in [5, 5.41) is 0. The summed E-state index contributed by atoms with van der Waals surface area (Å²) in [6.45, 7) is 5.70. The van der Waals surface area contributed by atoms with Crippen molar-refractivity contribution in [1.82, 2.24) is 0 Å². The largest absolute Gasteiger partial charge is 1.00 e. The SMILES string of the molecule is Cc1cc(C)c(C(=O)c2ccccc2O[P+](=O)[O-])c(C)c1.[Na+]. The van der Waals surface area contributed by atoms with Gasteiger partial charge in [0.05, 0.1) is 5.56 Å². The number of carbonyl (C=O) groups excluding carboxylic acids is 1. The van der Waals surface area contributed by atoms with Crippen molar-refractivity contribution in [2.75, 3.05) is 0 Å². The predicted octanol–water partition coefficient (Wildman–Crippen LogP) is 0.243. The molecular weight excluding hydrogens is 310 g/mol. The fourth-order valence-electron chi connectivity index (χ4n) is 2.49. The Balaban J connectivity index is 0.00000242. The van der Waals surface area contributed by atoms with E-state index in [9.17, 15) is 14.3 Å². The molecule has 0 saturated heterocycles. The van der Waals surface area contributed by atoms with E-state index in [1.807, 2.05) is 32.9 Å². The summed E-state index contributed by atoms with van der Waals surface area (Å²) in [4.78, 5) is 23.5. The number of carbonyl (C=O) groups is 1. The Morgan fingerprint density at radius 2 is 1.64 bits per heavy atom. The molecule has 0 spiro atoms. The number of rotatable bonds is 4. The van der Waals surface area contributed by atoms with Crippen LogP contribution in [-0.4, -0.2) is 5.78 Å². The van der Waals surface area contributed by atoms with Gasteiger partial charge in [-0.3, -0.25) is 9.32 Å². The van der Waals surface area contributed by atoms with E-state index in [0.717, 1.165) is 16.7 Å². The number of aryl methyl sites for hydroxylation is 3. The van der Waals surface area contributed by atoms with E-state index >= 15 is 0 Å². The van der Waals surface area contributed by atoms with Crippen molar-refractivity contribution < 1.29 is 48.3 Å². The molecule has 0 heterocycles. The van der Waals surface area contributed by atoms with Crippen LogP contribution in [0.3, 0.4) is 0 Å². The van der Waals surface area contributed by atoms with Gasteiger partial charge in [0.25, 0.3) is 0 Å². The van der Waals surface area contributed by atoms with Crippen molar-refractivity contribution in [1.29, 1.82) is 0 Å². The molecule has 108 valence electrons. The summed E-state index contributed by atoms with van der Waals surface area (Å²) in [6.07, 6.45) is 0. The smallest absolute Gasteiger partial charge is 0.558 e. The Labute approximate surface area is 152 Å². The van der Waals surface area contributed by atoms with Gasteiger partial charge in [-0.2, -0.15) is 0 Å². The summed E-state index contributed by atoms with van der Waals surface area (Å²) >= 11 is 0. The van der Waals surface area contributed by atoms with Gasteiger partial charge in [-0.15, -0.1) is 0 Å². The second kappa shape index (κ2) is 8.00. The van der Waals surface area contributed by atoms with Gasteiger partial charge >= 0.3 is 37.8 Å². The summed E-state index contributed by atoms with van der Waals surface area (Å²) < 4.78 is 15.5. The minimum Gasteiger partial charge on any atom is -0.558 e. The first-order chi connectivity index (χ1) is 9.90. The standard InChI is InChI=1S/C16H15O4P.Na/c1-10-8-11(2)15(12(3)9-10)16(17)13-6-4-5-7-14(13)20-21(18)19;/h4-9H,1-3H3;/q;+1. The second-order valence-corrected chi connectivity index (χ2v) is 5.54. The molecule has 0 fully saturated rings. The maximum absolute atomic E-state index is 12.7. The molecule has 0 N–H and O–H groups in total. The number of para-hydroxylation sites is 1. The van der Waals surface area contributed by atoms with Crippen LogP contribution >= 0.6 is 8.25 Å². The quantitative estimate of drug-likeness (QED) is 0.459. The molecule has 1 unspecified atom stereocenters. The van der Waals surface area contributed by atoms with Gasteiger partial charge in [0, 0.05) is 5.56 Å². The normalized spacial score (nSPS) is 10.6. The Morgan fingerprint density at radius 3 is 2.18 bits per heavy atom. The predicted molar refractivity (Wildman–Crippen MR) is 78.8 cm³/mol. The van der Waals surface area contributed by atoms with Crippen molar-refractivity contribution in [3.8, 4) is 5.75 Å². The average Bonchev–Trinajstić information content (AvgIpc) is 2.37. The van der Waals surface area contributed by atoms with Gasteiger partial charge in [-0.05, 0) is 48.6 Å². The molecule has 4 nitrogen and oxygen atoms in total. The zero-order chi connectivity index (χ0) is 15.6. The maximum Gasteiger partial charge on any atom is 1.00 e. The molecule has 0 aliphatic carbocycles. The van der Waals surface area contributed by atoms with Crippen LogP contribution in [0, 0.1) is 20.8 Å². The van der Waals surface area contributed by atoms with Crippen molar-refractivity contribution in [3.05, 3.63) is 64.2 Å². The van der Waals surface area contributed by atoms with Crippen molar-refractivity contribution in [3.63, 3.8) is 0 Å². The summed E-state index contributed by atoms with van der Waals surface area (Å²) in [6, 6.07) is 10.2. The number of hydrogen-bond acceptors (Lipinski definition) is 4. The first-order valence-corrected chi connectivity index (χ1v) is 7.53. The minimum absolute atomic E-state index is 0. The third-order valence-electron chi connectivity index (χ3n) is 3.21. The van der Waals surface area contributed by atoms with Crippen LogP contribution in [0.5, 0.6) is 5.75 Å². The van der Waals surface area contributed by atoms with Gasteiger partial charge in [0.15, 0.2) is 11.5 Å². The molecule has 2 aromatic rings. The van der Waals surface area contributed by atoms with E-state index in [2.05, 4.69) is 0 Å². The molecule has 0 bridgehead atoms. The molecule has 0 aliphatic heterocycles. The number of hydrogen-bond donors (Lipinski definition) is 0. The van der Waals surface area contributed by atoms with E-state index in [4.69, 9.17) is 4.52 Å². The average molecular weight is 325 g/mol. The Bertz CT molecular complexity index is 705. The Hall–Kier alpha value is -1.03. The van der Waals surface area contributed by atoms with E-state index < -0.39 is 8.25 Å². The Kier molecular flexibility index (Phi) is 6.92. The van der Waals surface area contributed by atoms with Gasteiger partial charge < -0.3 is 4.89 Å². The van der Waals surface area contributed by atoms with Crippen LogP contribution < -0.4 is 39.0 Å². The van der Waals surface area contributed by atoms with Crippen LogP contribution in [-0.2, 0) is 4.57 Å². The number of benzene rings is 2. The zero-order valence-corrected chi connectivity index (χ0v) is 15.9. The first-order valence-electron chi connectivity index (χ1n) is 6.44. The van der Waals surface area contributed by atoms with Crippen LogP contribution in [0.25, 0.3) is 0 Å². The van der Waals surface area contributed by atoms with E-state index in [0.29, 0.717) is 5.56 Å². The summed E-state index contributed by atoms with van der Waals surface area (Å²) in [5.41, 5.74) is 3.62. The molecule has 2 aromatic carbocycles. The Morgan fingerprint density at radius 1 is 1.09 bits per heavy atom. The molecule has 0 saturated carbocycles. The van der Waals surface area contributed by atoms with Crippen LogP contribution in [0.1, 0.15) is 32.6 Å². The molecule has 0 aliphatic rings. The van der Waals surface area contributed by atoms with E-state index in [1.54, 1.807) is 18.2 Å². The van der Waals surface area contributed by atoms with Gasteiger partial charge in [-0.25, -0.2) is 0 Å². The van der Waals surface area contributed by atoms with Crippen molar-refractivity contribution in [2.45, 2.75) is 20.8 Å². The molecule has 0 amide bonds. The fourth-order valence-corrected chi connectivity index (χ4v) is 2.81. The van der Waals surface area contributed by atoms with Crippen molar-refractivity contribution in [2.24, 2.45) is 0 Å². The molecule has 0 aromatic heterocycles. The molecule has 1 atom stereocenters. The summed E-state index contributed by atoms with van der Waals surface area (Å²) in [5.74, 6) is -0.185. The van der Waals surface area contributed by atoms with Gasteiger partial charge in [0.2, 0.25) is 0 Å². The van der Waals surface area contributed by atoms with Crippen LogP contribution in [0.2, 0.25) is 0 Å². The number of ketones is 1. The van der Waals surface area contributed by atoms with Crippen molar-refractivity contribution >= 4 is 14.0 Å².